The molecule has 0 aliphatic heterocycles. The number of nitrogens with one attached hydrogen (secondary N) is 1. The van der Waals surface area contributed by atoms with Crippen LogP contribution < -0.4 is 5.32 Å². The quantitative estimate of drug-likeness (QED) is 0.378. The number of hydrogen-bond donors (Lipinski definition) is 1. The van der Waals surface area contributed by atoms with E-state index in [1.807, 2.05) is 72.8 Å². The number of ketones is 1. The molecule has 168 valence electrons. The predicted octanol–water partition coefficient (Wildman–Crippen LogP) is 4.91. The summed E-state index contributed by atoms with van der Waals surface area (Å²) in [6.07, 6.45) is 3.89. The number of anilines is 1. The summed E-state index contributed by atoms with van der Waals surface area (Å²) in [4.78, 5) is 36.8. The number of esters is 1. The molecule has 33 heavy (non-hydrogen) atoms. The smallest absolute Gasteiger partial charge is 0.306 e. The van der Waals surface area contributed by atoms with Crippen molar-refractivity contribution >= 4 is 23.3 Å². The molecule has 5 heteroatoms. The van der Waals surface area contributed by atoms with E-state index in [1.54, 1.807) is 0 Å². The van der Waals surface area contributed by atoms with Gasteiger partial charge < -0.3 is 10.1 Å². The van der Waals surface area contributed by atoms with Crippen molar-refractivity contribution in [2.24, 2.45) is 0 Å². The van der Waals surface area contributed by atoms with Crippen LogP contribution in [0.5, 0.6) is 0 Å². The van der Waals surface area contributed by atoms with Gasteiger partial charge in [-0.05, 0) is 60.1 Å². The molecule has 0 fully saturated rings. The van der Waals surface area contributed by atoms with Crippen LogP contribution in [0.25, 0.3) is 0 Å². The van der Waals surface area contributed by atoms with E-state index < -0.39 is 11.9 Å². The predicted molar refractivity (Wildman–Crippen MR) is 127 cm³/mol. The highest BCUT2D eigenvalue weighted by Gasteiger charge is 2.16. The van der Waals surface area contributed by atoms with Gasteiger partial charge in [0.05, 0.1) is 6.42 Å². The summed E-state index contributed by atoms with van der Waals surface area (Å²) in [5.41, 5.74) is 5.97. The Hall–Kier alpha value is -3.73. The second-order valence-corrected chi connectivity index (χ2v) is 8.29. The molecule has 1 amide bonds. The monoisotopic (exact) mass is 441 g/mol. The molecule has 1 aliphatic rings. The van der Waals surface area contributed by atoms with Crippen LogP contribution in [0.2, 0.25) is 0 Å². The number of aryl methyl sites for hydroxylation is 2. The van der Waals surface area contributed by atoms with Gasteiger partial charge in [0.1, 0.15) is 0 Å². The maximum Gasteiger partial charge on any atom is 0.306 e. The zero-order valence-electron chi connectivity index (χ0n) is 18.5. The summed E-state index contributed by atoms with van der Waals surface area (Å²) in [7, 11) is 0. The molecule has 5 nitrogen and oxygen atoms in total. The highest BCUT2D eigenvalue weighted by atomic mass is 16.5. The van der Waals surface area contributed by atoms with Crippen molar-refractivity contribution in [2.45, 2.75) is 38.5 Å². The number of hydrogen-bond acceptors (Lipinski definition) is 4. The van der Waals surface area contributed by atoms with Crippen LogP contribution in [0, 0.1) is 0 Å². The molecule has 1 N–H and O–H groups in total. The summed E-state index contributed by atoms with van der Waals surface area (Å²) < 4.78 is 5.09. The third-order valence-corrected chi connectivity index (χ3v) is 5.87. The Morgan fingerprint density at radius 2 is 1.58 bits per heavy atom. The standard InChI is InChI=1S/C28H27NO4/c30-26(24-14-13-21-10-6-11-22(21)18-24)15-16-28(32)33-19-27(31)29-25-12-5-4-9-23(25)17-20-7-2-1-3-8-20/h1-5,7-9,12-14,18H,6,10-11,15-17,19H2,(H,29,31). The summed E-state index contributed by atoms with van der Waals surface area (Å²) in [5.74, 6) is -1.05. The van der Waals surface area contributed by atoms with E-state index in [0.717, 1.165) is 30.4 Å². The first-order valence-corrected chi connectivity index (χ1v) is 11.3. The first-order valence-electron chi connectivity index (χ1n) is 11.3. The van der Waals surface area contributed by atoms with Gasteiger partial charge in [-0.15, -0.1) is 0 Å². The SMILES string of the molecule is O=C(COC(=O)CCC(=O)c1ccc2c(c1)CCC2)Nc1ccccc1Cc1ccccc1. The minimum Gasteiger partial charge on any atom is -0.456 e. The van der Waals surface area contributed by atoms with Gasteiger partial charge in [0, 0.05) is 17.7 Å². The Morgan fingerprint density at radius 1 is 0.818 bits per heavy atom. The number of rotatable bonds is 9. The lowest BCUT2D eigenvalue weighted by Crippen LogP contribution is -2.21. The molecule has 0 atom stereocenters. The number of fused-ring (bicyclic) bond motifs is 1. The fourth-order valence-corrected chi connectivity index (χ4v) is 4.12. The van der Waals surface area contributed by atoms with Gasteiger partial charge >= 0.3 is 5.97 Å². The van der Waals surface area contributed by atoms with E-state index in [9.17, 15) is 14.4 Å². The third-order valence-electron chi connectivity index (χ3n) is 5.87. The van der Waals surface area contributed by atoms with E-state index in [2.05, 4.69) is 5.32 Å². The second-order valence-electron chi connectivity index (χ2n) is 8.29. The van der Waals surface area contributed by atoms with Crippen LogP contribution in [-0.2, 0) is 33.6 Å². The molecule has 0 heterocycles. The van der Waals surface area contributed by atoms with E-state index in [-0.39, 0.29) is 25.2 Å². The molecule has 1 aliphatic carbocycles. The Labute approximate surface area is 193 Å². The Kier molecular flexibility index (Phi) is 7.30. The van der Waals surface area contributed by atoms with Gasteiger partial charge in [-0.25, -0.2) is 0 Å². The summed E-state index contributed by atoms with van der Waals surface area (Å²) in [6.45, 7) is -0.383. The fraction of sp³-hybridized carbons (Fsp3) is 0.250. The number of Topliss-reactive ketones (excluding diaryl/α,β-unsaturated/α-hetero) is 1. The minimum atomic E-state index is -0.558. The van der Waals surface area contributed by atoms with Crippen LogP contribution in [0.15, 0.2) is 72.8 Å². The fourth-order valence-electron chi connectivity index (χ4n) is 4.12. The van der Waals surface area contributed by atoms with Gasteiger partial charge in [-0.3, -0.25) is 14.4 Å². The maximum atomic E-state index is 12.4. The van der Waals surface area contributed by atoms with Crippen molar-refractivity contribution in [1.82, 2.24) is 0 Å². The average molecular weight is 442 g/mol. The zero-order chi connectivity index (χ0) is 23.0. The van der Waals surface area contributed by atoms with E-state index in [0.29, 0.717) is 17.7 Å². The molecule has 4 rings (SSSR count). The average Bonchev–Trinajstić information content (AvgIpc) is 3.31. The lowest BCUT2D eigenvalue weighted by Gasteiger charge is -2.11. The Balaban J connectivity index is 1.24. The van der Waals surface area contributed by atoms with E-state index in [1.165, 1.54) is 11.1 Å². The van der Waals surface area contributed by atoms with Crippen LogP contribution in [0.1, 0.15) is 51.9 Å². The van der Waals surface area contributed by atoms with Gasteiger partial charge in [0.2, 0.25) is 0 Å². The minimum absolute atomic E-state index is 0.0478. The van der Waals surface area contributed by atoms with E-state index >= 15 is 0 Å². The molecule has 0 spiro atoms. The van der Waals surface area contributed by atoms with Crippen molar-refractivity contribution < 1.29 is 19.1 Å². The number of carbonyl (C=O) groups excluding carboxylic acids is 3. The van der Waals surface area contributed by atoms with Gasteiger partial charge in [0.15, 0.2) is 12.4 Å². The number of para-hydroxylation sites is 1. The molecular weight excluding hydrogens is 414 g/mol. The third kappa shape index (κ3) is 6.16. The number of benzene rings is 3. The molecule has 0 aromatic heterocycles. The molecule has 3 aromatic rings. The highest BCUT2D eigenvalue weighted by molar-refractivity contribution is 5.98. The number of amides is 1. The molecule has 0 unspecified atom stereocenters. The van der Waals surface area contributed by atoms with Crippen LogP contribution in [-0.4, -0.2) is 24.3 Å². The summed E-state index contributed by atoms with van der Waals surface area (Å²) in [5, 5.41) is 2.82. The van der Waals surface area contributed by atoms with Gasteiger partial charge in [-0.2, -0.15) is 0 Å². The Bertz CT molecular complexity index is 1150. The van der Waals surface area contributed by atoms with Crippen molar-refractivity contribution in [2.75, 3.05) is 11.9 Å². The first kappa shape index (κ1) is 22.5. The van der Waals surface area contributed by atoms with E-state index in [4.69, 9.17) is 4.74 Å². The number of ether oxygens (including phenoxy) is 1. The second kappa shape index (κ2) is 10.7. The summed E-state index contributed by atoms with van der Waals surface area (Å²) in [6, 6.07) is 23.3. The summed E-state index contributed by atoms with van der Waals surface area (Å²) >= 11 is 0. The van der Waals surface area contributed by atoms with Gasteiger partial charge in [0.25, 0.3) is 5.91 Å². The lowest BCUT2D eigenvalue weighted by atomic mass is 10.0. The molecule has 0 radical (unpaired) electrons. The largest absolute Gasteiger partial charge is 0.456 e. The van der Waals surface area contributed by atoms with Gasteiger partial charge in [-0.1, -0.05) is 60.7 Å². The van der Waals surface area contributed by atoms with Crippen molar-refractivity contribution in [1.29, 1.82) is 0 Å². The lowest BCUT2D eigenvalue weighted by molar-refractivity contribution is -0.147. The molecule has 3 aromatic carbocycles. The van der Waals surface area contributed by atoms with Crippen molar-refractivity contribution in [3.8, 4) is 0 Å². The topological polar surface area (TPSA) is 72.5 Å². The molecule has 0 saturated heterocycles. The molecule has 0 bridgehead atoms. The van der Waals surface area contributed by atoms with Crippen molar-refractivity contribution in [3.63, 3.8) is 0 Å². The van der Waals surface area contributed by atoms with Crippen LogP contribution >= 0.6 is 0 Å². The van der Waals surface area contributed by atoms with Crippen LogP contribution in [0.4, 0.5) is 5.69 Å². The maximum absolute atomic E-state index is 12.4. The normalized spacial score (nSPS) is 12.1. The zero-order valence-corrected chi connectivity index (χ0v) is 18.5. The van der Waals surface area contributed by atoms with Crippen molar-refractivity contribution in [3.05, 3.63) is 101 Å². The number of carbonyl (C=O) groups is 3. The Morgan fingerprint density at radius 3 is 2.42 bits per heavy atom. The first-order chi connectivity index (χ1) is 16.1. The molecule has 0 saturated carbocycles. The van der Waals surface area contributed by atoms with Crippen LogP contribution in [0.3, 0.4) is 0 Å². The highest BCUT2D eigenvalue weighted by Crippen LogP contribution is 2.23. The molecular formula is C28H27NO4.